The first-order valence-corrected chi connectivity index (χ1v) is 5.33. The van der Waals surface area contributed by atoms with Crippen LogP contribution in [-0.4, -0.2) is 10.9 Å². The van der Waals surface area contributed by atoms with Crippen LogP contribution < -0.4 is 5.63 Å². The predicted molar refractivity (Wildman–Crippen MR) is 64.2 cm³/mol. The summed E-state index contributed by atoms with van der Waals surface area (Å²) in [7, 11) is 0. The Labute approximate surface area is 105 Å². The Kier molecular flexibility index (Phi) is 2.85. The summed E-state index contributed by atoms with van der Waals surface area (Å²) in [5.74, 6) is -0.602. The average Bonchev–Trinajstić information content (AvgIpc) is 2.25. The van der Waals surface area contributed by atoms with Gasteiger partial charge in [0.15, 0.2) is 5.78 Å². The maximum Gasteiger partial charge on any atom is 0.356 e. The third-order valence-corrected chi connectivity index (χ3v) is 3.12. The van der Waals surface area contributed by atoms with Gasteiger partial charge in [-0.05, 0) is 13.0 Å². The van der Waals surface area contributed by atoms with E-state index in [4.69, 9.17) is 27.6 Å². The van der Waals surface area contributed by atoms with E-state index >= 15 is 0 Å². The van der Waals surface area contributed by atoms with Gasteiger partial charge in [-0.3, -0.25) is 4.79 Å². The molecule has 0 amide bonds. The van der Waals surface area contributed by atoms with Crippen LogP contribution in [0.2, 0.25) is 10.0 Å². The van der Waals surface area contributed by atoms with Crippen LogP contribution in [0.5, 0.6) is 5.75 Å². The van der Waals surface area contributed by atoms with Crippen LogP contribution in [-0.2, 0) is 0 Å². The van der Waals surface area contributed by atoms with Crippen molar-refractivity contribution in [3.8, 4) is 5.75 Å². The monoisotopic (exact) mass is 272 g/mol. The molecule has 0 spiro atoms. The zero-order chi connectivity index (χ0) is 12.7. The molecule has 2 rings (SSSR count). The molecule has 2 aromatic rings. The number of benzene rings is 1. The molecule has 1 aromatic heterocycles. The quantitative estimate of drug-likeness (QED) is 0.640. The summed E-state index contributed by atoms with van der Waals surface area (Å²) in [6.07, 6.45) is 0. The zero-order valence-corrected chi connectivity index (χ0v) is 10.1. The van der Waals surface area contributed by atoms with Crippen LogP contribution >= 0.6 is 23.2 Å². The minimum atomic E-state index is -0.792. The number of aromatic hydroxyl groups is 1. The van der Waals surface area contributed by atoms with Crippen molar-refractivity contribution in [3.63, 3.8) is 0 Å². The van der Waals surface area contributed by atoms with Crippen LogP contribution in [0.3, 0.4) is 0 Å². The summed E-state index contributed by atoms with van der Waals surface area (Å²) in [6.45, 7) is 1.30. The standard InChI is InChI=1S/C11H6Cl2O4/c1-4(14)5-2-6-8(3-7(5)15)17-11(16)10(13)9(6)12/h2-3,15H,1H3. The molecule has 0 aliphatic carbocycles. The fourth-order valence-corrected chi connectivity index (χ4v) is 1.82. The largest absolute Gasteiger partial charge is 0.507 e. The van der Waals surface area contributed by atoms with Crippen molar-refractivity contribution < 1.29 is 14.3 Å². The zero-order valence-electron chi connectivity index (χ0n) is 8.58. The minimum absolute atomic E-state index is 0.000386. The van der Waals surface area contributed by atoms with Gasteiger partial charge in [-0.1, -0.05) is 23.2 Å². The van der Waals surface area contributed by atoms with Gasteiger partial charge in [0.05, 0.1) is 10.6 Å². The summed E-state index contributed by atoms with van der Waals surface area (Å²) < 4.78 is 4.85. The highest BCUT2D eigenvalue weighted by Crippen LogP contribution is 2.32. The number of ketones is 1. The lowest BCUT2D eigenvalue weighted by Crippen LogP contribution is -2.01. The second-order valence-corrected chi connectivity index (χ2v) is 4.20. The summed E-state index contributed by atoms with van der Waals surface area (Å²) in [4.78, 5) is 22.5. The molecule has 4 nitrogen and oxygen atoms in total. The van der Waals surface area contributed by atoms with Gasteiger partial charge >= 0.3 is 5.63 Å². The molecule has 0 saturated heterocycles. The van der Waals surface area contributed by atoms with E-state index in [1.807, 2.05) is 0 Å². The highest BCUT2D eigenvalue weighted by Gasteiger charge is 2.15. The Balaban J connectivity index is 2.95. The average molecular weight is 273 g/mol. The van der Waals surface area contributed by atoms with E-state index < -0.39 is 5.63 Å². The van der Waals surface area contributed by atoms with E-state index in [0.29, 0.717) is 5.39 Å². The number of rotatable bonds is 1. The Morgan fingerprint density at radius 1 is 1.29 bits per heavy atom. The molecular formula is C11H6Cl2O4. The highest BCUT2D eigenvalue weighted by atomic mass is 35.5. The molecular weight excluding hydrogens is 267 g/mol. The van der Waals surface area contributed by atoms with Crippen LogP contribution in [0.25, 0.3) is 11.0 Å². The fourth-order valence-electron chi connectivity index (χ4n) is 1.46. The fraction of sp³-hybridized carbons (Fsp3) is 0.0909. The number of hydrogen-bond donors (Lipinski definition) is 1. The van der Waals surface area contributed by atoms with Gasteiger partial charge in [-0.25, -0.2) is 4.79 Å². The highest BCUT2D eigenvalue weighted by molar-refractivity contribution is 6.44. The van der Waals surface area contributed by atoms with Gasteiger partial charge in [0.25, 0.3) is 0 Å². The van der Waals surface area contributed by atoms with E-state index in [1.165, 1.54) is 13.0 Å². The third-order valence-electron chi connectivity index (χ3n) is 2.29. The van der Waals surface area contributed by atoms with Gasteiger partial charge in [0.2, 0.25) is 0 Å². The lowest BCUT2D eigenvalue weighted by molar-refractivity contribution is 0.101. The topological polar surface area (TPSA) is 67.5 Å². The normalized spacial score (nSPS) is 10.8. The van der Waals surface area contributed by atoms with Crippen molar-refractivity contribution in [2.24, 2.45) is 0 Å². The van der Waals surface area contributed by atoms with E-state index in [2.05, 4.69) is 0 Å². The van der Waals surface area contributed by atoms with Gasteiger partial charge in [-0.15, -0.1) is 0 Å². The summed E-state index contributed by atoms with van der Waals surface area (Å²) >= 11 is 11.5. The number of Topliss-reactive ketones (excluding diaryl/α,β-unsaturated/α-hetero) is 1. The van der Waals surface area contributed by atoms with Gasteiger partial charge < -0.3 is 9.52 Å². The van der Waals surface area contributed by atoms with Crippen LogP contribution in [0, 0.1) is 0 Å². The van der Waals surface area contributed by atoms with Crippen molar-refractivity contribution >= 4 is 40.0 Å². The van der Waals surface area contributed by atoms with Gasteiger partial charge in [-0.2, -0.15) is 0 Å². The van der Waals surface area contributed by atoms with Crippen molar-refractivity contribution in [2.45, 2.75) is 6.92 Å². The Morgan fingerprint density at radius 3 is 2.53 bits per heavy atom. The first-order valence-electron chi connectivity index (χ1n) is 4.57. The summed E-state index contributed by atoms with van der Waals surface area (Å²) in [6, 6.07) is 2.50. The van der Waals surface area contributed by atoms with Gasteiger partial charge in [0.1, 0.15) is 16.4 Å². The molecule has 17 heavy (non-hydrogen) atoms. The van der Waals surface area contributed by atoms with E-state index in [9.17, 15) is 14.7 Å². The number of fused-ring (bicyclic) bond motifs is 1. The molecule has 0 aliphatic heterocycles. The smallest absolute Gasteiger partial charge is 0.356 e. The minimum Gasteiger partial charge on any atom is -0.507 e. The van der Waals surface area contributed by atoms with Crippen molar-refractivity contribution in [2.75, 3.05) is 0 Å². The molecule has 0 atom stereocenters. The number of hydrogen-bond acceptors (Lipinski definition) is 4. The van der Waals surface area contributed by atoms with Crippen LogP contribution in [0.1, 0.15) is 17.3 Å². The third kappa shape index (κ3) is 1.90. The molecule has 6 heteroatoms. The SMILES string of the molecule is CC(=O)c1cc2c(Cl)c(Cl)c(=O)oc2cc1O. The van der Waals surface area contributed by atoms with E-state index in [-0.39, 0.29) is 32.7 Å². The molecule has 1 aromatic carbocycles. The molecule has 0 saturated carbocycles. The molecule has 0 aliphatic rings. The molecule has 0 bridgehead atoms. The van der Waals surface area contributed by atoms with E-state index in [1.54, 1.807) is 0 Å². The molecule has 0 radical (unpaired) electrons. The maximum absolute atomic E-state index is 11.3. The van der Waals surface area contributed by atoms with Crippen LogP contribution in [0.4, 0.5) is 0 Å². The molecule has 1 heterocycles. The van der Waals surface area contributed by atoms with Crippen molar-refractivity contribution in [1.29, 1.82) is 0 Å². The number of phenols is 1. The van der Waals surface area contributed by atoms with Crippen LogP contribution in [0.15, 0.2) is 21.3 Å². The first kappa shape index (κ1) is 12.0. The molecule has 88 valence electrons. The second-order valence-electron chi connectivity index (χ2n) is 3.44. The summed E-state index contributed by atoms with van der Waals surface area (Å²) in [5.41, 5.74) is -0.629. The molecule has 1 N–H and O–H groups in total. The molecule has 0 fully saturated rings. The number of halogens is 2. The first-order chi connectivity index (χ1) is 7.91. The predicted octanol–water partition coefficient (Wildman–Crippen LogP) is 3.01. The number of phenolic OH excluding ortho intramolecular Hbond substituents is 1. The van der Waals surface area contributed by atoms with Crippen molar-refractivity contribution in [3.05, 3.63) is 38.2 Å². The maximum atomic E-state index is 11.3. The lowest BCUT2D eigenvalue weighted by atomic mass is 10.1. The Hall–Kier alpha value is -1.52. The van der Waals surface area contributed by atoms with Crippen molar-refractivity contribution in [1.82, 2.24) is 0 Å². The summed E-state index contributed by atoms with van der Waals surface area (Å²) in [5, 5.41) is 9.63. The Bertz CT molecular complexity index is 688. The van der Waals surface area contributed by atoms with E-state index in [0.717, 1.165) is 6.07 Å². The number of carbonyl (C=O) groups excluding carboxylic acids is 1. The Morgan fingerprint density at radius 2 is 1.94 bits per heavy atom. The second kappa shape index (κ2) is 4.05. The lowest BCUT2D eigenvalue weighted by Gasteiger charge is -2.05. The number of carbonyl (C=O) groups is 1. The van der Waals surface area contributed by atoms with Gasteiger partial charge in [0, 0.05) is 11.5 Å². The molecule has 0 unspecified atom stereocenters.